The van der Waals surface area contributed by atoms with E-state index in [1.807, 2.05) is 66.1 Å². The molecule has 2 aromatic heterocycles. The van der Waals surface area contributed by atoms with Crippen LogP contribution in [0.4, 0.5) is 0 Å². The summed E-state index contributed by atoms with van der Waals surface area (Å²) in [4.78, 5) is 19.7. The van der Waals surface area contributed by atoms with Gasteiger partial charge in [0.25, 0.3) is 5.56 Å². The van der Waals surface area contributed by atoms with E-state index in [1.54, 1.807) is 0 Å². The standard InChI is InChI=1S/C32H22BrClN2O2S/c1-18-10-13-22(25(33)16-18)27-15-12-20(38-27)17-28-31(37)36-30(23-8-4-5-9-26(23)34)24-14-11-19-6-2-3-7-21(19)29(24)35-32(36)39-28/h2-10,12-13,15-17,30H,11,14H2,1H3. The van der Waals surface area contributed by atoms with Crippen molar-refractivity contribution < 1.29 is 4.42 Å². The average molecular weight is 614 g/mol. The van der Waals surface area contributed by atoms with Gasteiger partial charge in [-0.1, -0.05) is 87.4 Å². The van der Waals surface area contributed by atoms with Crippen LogP contribution in [-0.2, 0) is 6.42 Å². The highest BCUT2D eigenvalue weighted by Crippen LogP contribution is 2.42. The fraction of sp³-hybridized carbons (Fsp3) is 0.125. The number of hydrogen-bond donors (Lipinski definition) is 0. The van der Waals surface area contributed by atoms with Crippen molar-refractivity contribution in [2.45, 2.75) is 25.8 Å². The summed E-state index contributed by atoms with van der Waals surface area (Å²) >= 11 is 11.8. The molecule has 0 spiro atoms. The minimum Gasteiger partial charge on any atom is -0.457 e. The highest BCUT2D eigenvalue weighted by molar-refractivity contribution is 9.10. The van der Waals surface area contributed by atoms with Crippen LogP contribution in [0.15, 0.2) is 103 Å². The Bertz CT molecular complexity index is 2000. The van der Waals surface area contributed by atoms with Gasteiger partial charge in [-0.3, -0.25) is 9.36 Å². The fourth-order valence-corrected chi connectivity index (χ4v) is 7.43. The number of aromatic nitrogens is 1. The SMILES string of the molecule is Cc1ccc(-c2ccc(C=c3sc4n(c3=O)C(c3ccccc3Cl)C3=C(N=4)c4ccccc4CC3)o2)c(Br)c1. The van der Waals surface area contributed by atoms with Gasteiger partial charge < -0.3 is 4.42 Å². The van der Waals surface area contributed by atoms with Crippen molar-refractivity contribution in [2.24, 2.45) is 4.99 Å². The molecule has 3 aromatic carbocycles. The Balaban J connectivity index is 1.41. The molecule has 1 unspecified atom stereocenters. The van der Waals surface area contributed by atoms with E-state index in [4.69, 9.17) is 21.0 Å². The first-order valence-electron chi connectivity index (χ1n) is 12.7. The van der Waals surface area contributed by atoms with Crippen LogP contribution >= 0.6 is 38.9 Å². The van der Waals surface area contributed by atoms with E-state index in [0.29, 0.717) is 20.1 Å². The van der Waals surface area contributed by atoms with Gasteiger partial charge in [-0.15, -0.1) is 0 Å². The third kappa shape index (κ3) is 4.18. The van der Waals surface area contributed by atoms with Gasteiger partial charge in [0.15, 0.2) is 4.80 Å². The Labute approximate surface area is 242 Å². The number of fused-ring (bicyclic) bond motifs is 3. The van der Waals surface area contributed by atoms with Gasteiger partial charge in [0, 0.05) is 26.7 Å². The maximum absolute atomic E-state index is 14.0. The summed E-state index contributed by atoms with van der Waals surface area (Å²) in [6.45, 7) is 2.05. The number of hydrogen-bond acceptors (Lipinski definition) is 4. The number of allylic oxidation sites excluding steroid dienone is 1. The van der Waals surface area contributed by atoms with Crippen molar-refractivity contribution in [3.05, 3.63) is 142 Å². The van der Waals surface area contributed by atoms with E-state index >= 15 is 0 Å². The summed E-state index contributed by atoms with van der Waals surface area (Å²) in [5.74, 6) is 1.35. The van der Waals surface area contributed by atoms with Gasteiger partial charge in [0.1, 0.15) is 11.5 Å². The summed E-state index contributed by atoms with van der Waals surface area (Å²) < 4.78 is 9.51. The number of thiazole rings is 1. The molecule has 5 aromatic rings. The van der Waals surface area contributed by atoms with Gasteiger partial charge in [0.2, 0.25) is 0 Å². The maximum atomic E-state index is 14.0. The molecule has 0 saturated heterocycles. The van der Waals surface area contributed by atoms with Crippen molar-refractivity contribution in [1.29, 1.82) is 0 Å². The van der Waals surface area contributed by atoms with Crippen molar-refractivity contribution >= 4 is 50.6 Å². The molecule has 0 saturated carbocycles. The van der Waals surface area contributed by atoms with E-state index < -0.39 is 0 Å². The van der Waals surface area contributed by atoms with E-state index in [2.05, 4.69) is 46.3 Å². The summed E-state index contributed by atoms with van der Waals surface area (Å²) in [5, 5.41) is 0.643. The molecular formula is C32H22BrClN2O2S. The van der Waals surface area contributed by atoms with Crippen LogP contribution in [0.1, 0.15) is 40.5 Å². The van der Waals surface area contributed by atoms with E-state index in [-0.39, 0.29) is 11.6 Å². The van der Waals surface area contributed by atoms with E-state index in [0.717, 1.165) is 56.6 Å². The highest BCUT2D eigenvalue weighted by Gasteiger charge is 2.33. The largest absolute Gasteiger partial charge is 0.457 e. The Hall–Kier alpha value is -3.45. The van der Waals surface area contributed by atoms with Gasteiger partial charge in [0.05, 0.1) is 16.3 Å². The van der Waals surface area contributed by atoms with Crippen molar-refractivity contribution in [1.82, 2.24) is 4.57 Å². The molecule has 0 amide bonds. The smallest absolute Gasteiger partial charge is 0.271 e. The van der Waals surface area contributed by atoms with Crippen LogP contribution in [0.2, 0.25) is 5.02 Å². The predicted octanol–water partition coefficient (Wildman–Crippen LogP) is 7.30. The molecule has 1 aliphatic heterocycles. The number of rotatable bonds is 3. The number of furan rings is 1. The summed E-state index contributed by atoms with van der Waals surface area (Å²) in [6, 6.07) is 25.9. The molecule has 0 radical (unpaired) electrons. The zero-order chi connectivity index (χ0) is 26.7. The molecule has 2 aliphatic rings. The molecule has 4 nitrogen and oxygen atoms in total. The Kier molecular flexibility index (Phi) is 6.07. The fourth-order valence-electron chi connectivity index (χ4n) is 5.52. The van der Waals surface area contributed by atoms with Crippen molar-refractivity contribution in [3.8, 4) is 11.3 Å². The maximum Gasteiger partial charge on any atom is 0.271 e. The van der Waals surface area contributed by atoms with Crippen molar-refractivity contribution in [2.75, 3.05) is 0 Å². The van der Waals surface area contributed by atoms with E-state index in [1.165, 1.54) is 16.9 Å². The van der Waals surface area contributed by atoms with Gasteiger partial charge >= 0.3 is 0 Å². The second kappa shape index (κ2) is 9.63. The molecule has 39 heavy (non-hydrogen) atoms. The summed E-state index contributed by atoms with van der Waals surface area (Å²) in [7, 11) is 0. The first-order chi connectivity index (χ1) is 19.0. The molecular weight excluding hydrogens is 592 g/mol. The molecule has 0 N–H and O–H groups in total. The second-order valence-electron chi connectivity index (χ2n) is 9.82. The number of aryl methyl sites for hydroxylation is 2. The first-order valence-corrected chi connectivity index (χ1v) is 14.7. The topological polar surface area (TPSA) is 47.5 Å². The number of benzene rings is 3. The quantitative estimate of drug-likeness (QED) is 0.214. The Morgan fingerprint density at radius 2 is 1.85 bits per heavy atom. The first kappa shape index (κ1) is 24.6. The lowest BCUT2D eigenvalue weighted by molar-refractivity contribution is 0.570. The van der Waals surface area contributed by atoms with Crippen LogP contribution in [0.3, 0.4) is 0 Å². The molecule has 3 heterocycles. The van der Waals surface area contributed by atoms with Crippen LogP contribution in [-0.4, -0.2) is 4.57 Å². The van der Waals surface area contributed by atoms with Crippen LogP contribution in [0.5, 0.6) is 0 Å². The lowest BCUT2D eigenvalue weighted by Gasteiger charge is -2.31. The molecule has 1 atom stereocenters. The lowest BCUT2D eigenvalue weighted by atomic mass is 9.83. The summed E-state index contributed by atoms with van der Waals surface area (Å²) in [5.41, 5.74) is 7.45. The minimum absolute atomic E-state index is 0.0939. The van der Waals surface area contributed by atoms with Crippen molar-refractivity contribution in [3.63, 3.8) is 0 Å². The number of halogens is 2. The highest BCUT2D eigenvalue weighted by atomic mass is 79.9. The molecule has 0 bridgehead atoms. The van der Waals surface area contributed by atoms with Gasteiger partial charge in [-0.25, -0.2) is 4.99 Å². The zero-order valence-corrected chi connectivity index (χ0v) is 24.1. The minimum atomic E-state index is -0.309. The Morgan fingerprint density at radius 3 is 2.69 bits per heavy atom. The molecule has 1 aliphatic carbocycles. The lowest BCUT2D eigenvalue weighted by Crippen LogP contribution is -2.38. The molecule has 0 fully saturated rings. The van der Waals surface area contributed by atoms with Gasteiger partial charge in [-0.2, -0.15) is 0 Å². The van der Waals surface area contributed by atoms with Crippen LogP contribution in [0.25, 0.3) is 23.1 Å². The molecule has 192 valence electrons. The van der Waals surface area contributed by atoms with Crippen LogP contribution < -0.4 is 14.9 Å². The molecule has 7 rings (SSSR count). The normalized spacial score (nSPS) is 16.5. The molecule has 7 heteroatoms. The third-order valence-electron chi connectivity index (χ3n) is 7.36. The zero-order valence-electron chi connectivity index (χ0n) is 20.9. The third-order valence-corrected chi connectivity index (χ3v) is 9.35. The average Bonchev–Trinajstić information content (AvgIpc) is 3.52. The number of nitrogens with zero attached hydrogens (tertiary/aromatic N) is 2. The Morgan fingerprint density at radius 1 is 1.03 bits per heavy atom. The van der Waals surface area contributed by atoms with Gasteiger partial charge in [-0.05, 0) is 72.4 Å². The second-order valence-corrected chi connectivity index (χ2v) is 12.1. The predicted molar refractivity (Wildman–Crippen MR) is 161 cm³/mol. The summed E-state index contributed by atoms with van der Waals surface area (Å²) in [6.07, 6.45) is 3.54. The monoisotopic (exact) mass is 612 g/mol. The van der Waals surface area contributed by atoms with E-state index in [9.17, 15) is 4.79 Å². The van der Waals surface area contributed by atoms with Crippen LogP contribution in [0, 0.1) is 6.92 Å².